The van der Waals surface area contributed by atoms with Crippen molar-refractivity contribution in [2.24, 2.45) is 0 Å². The first-order valence-electron chi connectivity index (χ1n) is 2.18. The molecule has 0 unspecified atom stereocenters. The van der Waals surface area contributed by atoms with Crippen molar-refractivity contribution < 1.29 is 14.3 Å². The second-order valence-electron chi connectivity index (χ2n) is 1.17. The number of hydrogen-bond donors (Lipinski definition) is 0. The molecule has 0 aliphatic heterocycles. The van der Waals surface area contributed by atoms with Crippen LogP contribution in [0.3, 0.4) is 0 Å². The summed E-state index contributed by atoms with van der Waals surface area (Å²) in [5.41, 5.74) is 0. The van der Waals surface area contributed by atoms with Crippen molar-refractivity contribution in [3.05, 3.63) is 12.3 Å². The Balaban J connectivity index is 3.60. The van der Waals surface area contributed by atoms with Gasteiger partial charge in [0.25, 0.3) is 0 Å². The predicted molar refractivity (Wildman–Crippen MR) is 33.0 cm³/mol. The van der Waals surface area contributed by atoms with Gasteiger partial charge in [-0.2, -0.15) is 0 Å². The molecule has 0 aliphatic rings. The standard InChI is InChI=1S/C5H7ClO3/c1-4(9-3-6)5(7)8-2/h1,3H2,2H3. The first-order valence-corrected chi connectivity index (χ1v) is 2.71. The average molecular weight is 151 g/mol. The second-order valence-corrected chi connectivity index (χ2v) is 1.39. The predicted octanol–water partition coefficient (Wildman–Crippen LogP) is 0.886. The molecule has 0 N–H and O–H groups in total. The molecule has 0 aromatic rings. The highest BCUT2D eigenvalue weighted by molar-refractivity contribution is 6.17. The van der Waals surface area contributed by atoms with Crippen LogP contribution in [0, 0.1) is 0 Å². The minimum absolute atomic E-state index is 0.0764. The summed E-state index contributed by atoms with van der Waals surface area (Å²) in [6.45, 7) is 3.23. The summed E-state index contributed by atoms with van der Waals surface area (Å²) in [5, 5.41) is 0. The first kappa shape index (κ1) is 8.30. The lowest BCUT2D eigenvalue weighted by atomic mass is 10.6. The molecule has 0 radical (unpaired) electrons. The molecule has 0 bridgehead atoms. The van der Waals surface area contributed by atoms with Gasteiger partial charge in [0.05, 0.1) is 7.11 Å². The third kappa shape index (κ3) is 2.98. The highest BCUT2D eigenvalue weighted by atomic mass is 35.5. The molecule has 0 aromatic heterocycles. The van der Waals surface area contributed by atoms with Crippen molar-refractivity contribution in [1.82, 2.24) is 0 Å². The Morgan fingerprint density at radius 1 is 1.78 bits per heavy atom. The Morgan fingerprint density at radius 3 is 2.67 bits per heavy atom. The van der Waals surface area contributed by atoms with Crippen LogP contribution in [0.1, 0.15) is 0 Å². The third-order valence-electron chi connectivity index (χ3n) is 0.642. The van der Waals surface area contributed by atoms with Crippen LogP contribution in [0.25, 0.3) is 0 Å². The number of rotatable bonds is 3. The molecule has 0 saturated heterocycles. The fourth-order valence-electron chi connectivity index (χ4n) is 0.239. The number of carbonyl (C=O) groups excluding carboxylic acids is 1. The number of halogens is 1. The minimum Gasteiger partial charge on any atom is -0.471 e. The van der Waals surface area contributed by atoms with E-state index >= 15 is 0 Å². The lowest BCUT2D eigenvalue weighted by Gasteiger charge is -2.00. The fourth-order valence-corrected chi connectivity index (χ4v) is 0.370. The number of esters is 1. The lowest BCUT2D eigenvalue weighted by Crippen LogP contribution is -2.05. The molecule has 0 aromatic carbocycles. The van der Waals surface area contributed by atoms with Gasteiger partial charge in [-0.1, -0.05) is 11.6 Å². The third-order valence-corrected chi connectivity index (χ3v) is 0.751. The van der Waals surface area contributed by atoms with Gasteiger partial charge >= 0.3 is 5.97 Å². The highest BCUT2D eigenvalue weighted by Gasteiger charge is 2.05. The Labute approximate surface area is 58.2 Å². The zero-order valence-electron chi connectivity index (χ0n) is 5.02. The van der Waals surface area contributed by atoms with Crippen molar-refractivity contribution in [2.45, 2.75) is 0 Å². The van der Waals surface area contributed by atoms with E-state index in [0.717, 1.165) is 0 Å². The summed E-state index contributed by atoms with van der Waals surface area (Å²) in [4.78, 5) is 10.4. The van der Waals surface area contributed by atoms with Crippen LogP contribution in [0.4, 0.5) is 0 Å². The summed E-state index contributed by atoms with van der Waals surface area (Å²) in [5.74, 6) is -0.678. The van der Waals surface area contributed by atoms with Crippen LogP contribution >= 0.6 is 11.6 Å². The van der Waals surface area contributed by atoms with E-state index in [4.69, 9.17) is 11.6 Å². The van der Waals surface area contributed by atoms with Crippen LogP contribution < -0.4 is 0 Å². The molecular weight excluding hydrogens is 144 g/mol. The minimum atomic E-state index is -0.601. The van der Waals surface area contributed by atoms with Crippen LogP contribution in [-0.2, 0) is 14.3 Å². The Hall–Kier alpha value is -0.700. The van der Waals surface area contributed by atoms with Crippen molar-refractivity contribution in [1.29, 1.82) is 0 Å². The highest BCUT2D eigenvalue weighted by Crippen LogP contribution is 1.96. The van der Waals surface area contributed by atoms with Crippen molar-refractivity contribution in [3.63, 3.8) is 0 Å². The van der Waals surface area contributed by atoms with Gasteiger partial charge in [-0.3, -0.25) is 0 Å². The van der Waals surface area contributed by atoms with E-state index in [1.807, 2.05) is 0 Å². The maximum absolute atomic E-state index is 10.4. The van der Waals surface area contributed by atoms with E-state index in [2.05, 4.69) is 16.1 Å². The molecule has 0 spiro atoms. The quantitative estimate of drug-likeness (QED) is 0.259. The number of alkyl halides is 1. The average Bonchev–Trinajstić information content (AvgIpc) is 1.87. The molecule has 3 nitrogen and oxygen atoms in total. The van der Waals surface area contributed by atoms with Gasteiger partial charge in [0.2, 0.25) is 0 Å². The van der Waals surface area contributed by atoms with Gasteiger partial charge < -0.3 is 9.47 Å². The van der Waals surface area contributed by atoms with Gasteiger partial charge in [0.1, 0.15) is 0 Å². The summed E-state index contributed by atoms with van der Waals surface area (Å²) >= 11 is 5.11. The zero-order valence-corrected chi connectivity index (χ0v) is 5.77. The number of ether oxygens (including phenoxy) is 2. The maximum atomic E-state index is 10.4. The van der Waals surface area contributed by atoms with E-state index in [9.17, 15) is 4.79 Å². The molecule has 0 rings (SSSR count). The Bertz CT molecular complexity index is 121. The Morgan fingerprint density at radius 2 is 2.33 bits per heavy atom. The first-order chi connectivity index (χ1) is 4.22. The Kier molecular flexibility index (Phi) is 3.88. The summed E-state index contributed by atoms with van der Waals surface area (Å²) in [6, 6.07) is -0.0894. The smallest absolute Gasteiger partial charge is 0.372 e. The molecule has 52 valence electrons. The van der Waals surface area contributed by atoms with Crippen LogP contribution in [-0.4, -0.2) is 19.1 Å². The van der Waals surface area contributed by atoms with Crippen molar-refractivity contribution in [3.8, 4) is 0 Å². The van der Waals surface area contributed by atoms with E-state index < -0.39 is 5.97 Å². The molecule has 0 fully saturated rings. The SMILES string of the molecule is C=C(OCCl)C(=O)OC. The monoisotopic (exact) mass is 150 g/mol. The van der Waals surface area contributed by atoms with Crippen molar-refractivity contribution >= 4 is 17.6 Å². The molecule has 0 heterocycles. The molecule has 4 heteroatoms. The van der Waals surface area contributed by atoms with Gasteiger partial charge in [0, 0.05) is 0 Å². The molecule has 0 saturated carbocycles. The van der Waals surface area contributed by atoms with Gasteiger partial charge in [-0.05, 0) is 6.58 Å². The van der Waals surface area contributed by atoms with Crippen LogP contribution in [0.2, 0.25) is 0 Å². The summed E-state index contributed by atoms with van der Waals surface area (Å²) < 4.78 is 8.73. The maximum Gasteiger partial charge on any atom is 0.372 e. The van der Waals surface area contributed by atoms with Gasteiger partial charge in [-0.25, -0.2) is 4.79 Å². The fraction of sp³-hybridized carbons (Fsp3) is 0.400. The molecule has 0 atom stereocenters. The lowest BCUT2D eigenvalue weighted by molar-refractivity contribution is -0.139. The topological polar surface area (TPSA) is 35.5 Å². The van der Waals surface area contributed by atoms with E-state index in [0.29, 0.717) is 0 Å². The molecule has 0 amide bonds. The largest absolute Gasteiger partial charge is 0.471 e. The van der Waals surface area contributed by atoms with Gasteiger partial charge in [-0.15, -0.1) is 0 Å². The number of hydrogen-bond acceptors (Lipinski definition) is 3. The summed E-state index contributed by atoms with van der Waals surface area (Å²) in [6.07, 6.45) is 0. The number of methoxy groups -OCH3 is 1. The number of carbonyl (C=O) groups is 1. The molecular formula is C5H7ClO3. The second kappa shape index (κ2) is 4.21. The van der Waals surface area contributed by atoms with Crippen LogP contribution in [0.15, 0.2) is 12.3 Å². The zero-order chi connectivity index (χ0) is 7.28. The molecule has 0 aliphatic carbocycles. The normalized spacial score (nSPS) is 8.22. The van der Waals surface area contributed by atoms with E-state index in [1.165, 1.54) is 7.11 Å². The summed E-state index contributed by atoms with van der Waals surface area (Å²) in [7, 11) is 1.24. The van der Waals surface area contributed by atoms with Crippen LogP contribution in [0.5, 0.6) is 0 Å². The molecule has 9 heavy (non-hydrogen) atoms. The van der Waals surface area contributed by atoms with Gasteiger partial charge in [0.15, 0.2) is 11.8 Å². The van der Waals surface area contributed by atoms with Crippen molar-refractivity contribution in [2.75, 3.05) is 13.2 Å². The van der Waals surface area contributed by atoms with E-state index in [-0.39, 0.29) is 11.8 Å². The van der Waals surface area contributed by atoms with E-state index in [1.54, 1.807) is 0 Å².